The molecule has 0 fully saturated rings. The monoisotopic (exact) mass is 484 g/mol. The van der Waals surface area contributed by atoms with E-state index in [0.717, 1.165) is 44.4 Å². The van der Waals surface area contributed by atoms with Crippen molar-refractivity contribution in [2.24, 2.45) is 0 Å². The van der Waals surface area contributed by atoms with Crippen molar-refractivity contribution in [3.8, 4) is 33.8 Å². The van der Waals surface area contributed by atoms with Crippen LogP contribution < -0.4 is 4.74 Å². The molecule has 5 heteroatoms. The standard InChI is InChI=1S/C32H24N2O3/c35-32(36)37-31-30(26-11-5-2-6-12-26)28-21-27(33-19-7-8-20-33)17-18-29(28)34(31)22-23-13-15-25(16-14-23)24-9-3-1-4-10-24/h1-21H,22H2,(H,35,36). The van der Waals surface area contributed by atoms with E-state index in [1.165, 1.54) is 0 Å². The summed E-state index contributed by atoms with van der Waals surface area (Å²) in [5.74, 6) is 0.311. The minimum Gasteiger partial charge on any atom is -0.449 e. The van der Waals surface area contributed by atoms with Crippen LogP contribution in [0, 0.1) is 0 Å². The lowest BCUT2D eigenvalue weighted by Crippen LogP contribution is -2.10. The molecule has 0 amide bonds. The predicted molar refractivity (Wildman–Crippen MR) is 146 cm³/mol. The summed E-state index contributed by atoms with van der Waals surface area (Å²) in [4.78, 5) is 11.8. The van der Waals surface area contributed by atoms with E-state index in [1.54, 1.807) is 0 Å². The number of nitrogens with zero attached hydrogens (tertiary/aromatic N) is 2. The molecule has 0 spiro atoms. The molecule has 0 aliphatic heterocycles. The Labute approximate surface area is 214 Å². The van der Waals surface area contributed by atoms with Crippen molar-refractivity contribution in [3.05, 3.63) is 133 Å². The van der Waals surface area contributed by atoms with E-state index >= 15 is 0 Å². The Hall–Kier alpha value is -5.03. The zero-order valence-electron chi connectivity index (χ0n) is 20.0. The molecule has 2 heterocycles. The summed E-state index contributed by atoms with van der Waals surface area (Å²) < 4.78 is 9.47. The van der Waals surface area contributed by atoms with Gasteiger partial charge in [-0.2, -0.15) is 0 Å². The Morgan fingerprint density at radius 1 is 0.703 bits per heavy atom. The lowest BCUT2D eigenvalue weighted by Gasteiger charge is -2.12. The maximum atomic E-state index is 11.8. The molecular formula is C32H24N2O3. The molecule has 6 aromatic rings. The summed E-state index contributed by atoms with van der Waals surface area (Å²) >= 11 is 0. The highest BCUT2D eigenvalue weighted by molar-refractivity contribution is 6.01. The highest BCUT2D eigenvalue weighted by Gasteiger charge is 2.23. The van der Waals surface area contributed by atoms with Crippen LogP contribution >= 0.6 is 0 Å². The Kier molecular flexibility index (Phi) is 5.79. The first kappa shape index (κ1) is 22.4. The average Bonchev–Trinajstić information content (AvgIpc) is 3.57. The molecule has 5 nitrogen and oxygen atoms in total. The maximum absolute atomic E-state index is 11.8. The van der Waals surface area contributed by atoms with Crippen LogP contribution in [0.5, 0.6) is 5.88 Å². The number of aromatic nitrogens is 2. The number of fused-ring (bicyclic) bond motifs is 1. The fourth-order valence-electron chi connectivity index (χ4n) is 4.83. The zero-order chi connectivity index (χ0) is 25.2. The number of hydrogen-bond donors (Lipinski definition) is 1. The van der Waals surface area contributed by atoms with Gasteiger partial charge in [-0.15, -0.1) is 0 Å². The van der Waals surface area contributed by atoms with Crippen LogP contribution in [0.1, 0.15) is 5.56 Å². The van der Waals surface area contributed by atoms with Crippen LogP contribution in [0.25, 0.3) is 38.8 Å². The van der Waals surface area contributed by atoms with Crippen LogP contribution in [-0.2, 0) is 6.54 Å². The summed E-state index contributed by atoms with van der Waals surface area (Å²) in [5, 5.41) is 10.6. The smallest absolute Gasteiger partial charge is 0.449 e. The second-order valence-electron chi connectivity index (χ2n) is 8.86. The molecule has 0 bridgehead atoms. The molecule has 1 N–H and O–H groups in total. The van der Waals surface area contributed by atoms with Crippen molar-refractivity contribution in [1.29, 1.82) is 0 Å². The van der Waals surface area contributed by atoms with E-state index in [-0.39, 0.29) is 0 Å². The first-order valence-electron chi connectivity index (χ1n) is 12.1. The van der Waals surface area contributed by atoms with Crippen molar-refractivity contribution in [3.63, 3.8) is 0 Å². The molecule has 180 valence electrons. The highest BCUT2D eigenvalue weighted by Crippen LogP contribution is 2.41. The molecule has 0 aliphatic carbocycles. The fraction of sp³-hybridized carbons (Fsp3) is 0.0312. The van der Waals surface area contributed by atoms with Crippen LogP contribution in [-0.4, -0.2) is 20.4 Å². The largest absolute Gasteiger partial charge is 0.512 e. The van der Waals surface area contributed by atoms with Gasteiger partial charge in [0.05, 0.1) is 17.6 Å². The van der Waals surface area contributed by atoms with Crippen LogP contribution in [0.3, 0.4) is 0 Å². The fourth-order valence-corrected chi connectivity index (χ4v) is 4.83. The van der Waals surface area contributed by atoms with Gasteiger partial charge in [0.2, 0.25) is 5.88 Å². The van der Waals surface area contributed by atoms with Gasteiger partial charge in [0.25, 0.3) is 0 Å². The Balaban J connectivity index is 1.51. The maximum Gasteiger partial charge on any atom is 0.512 e. The topological polar surface area (TPSA) is 56.4 Å². The summed E-state index contributed by atoms with van der Waals surface area (Å²) in [6.45, 7) is 0.462. The summed E-state index contributed by atoms with van der Waals surface area (Å²) in [5.41, 5.74) is 6.86. The molecule has 0 saturated heterocycles. The molecule has 0 aliphatic rings. The van der Waals surface area contributed by atoms with Gasteiger partial charge in [0.1, 0.15) is 0 Å². The third-order valence-corrected chi connectivity index (χ3v) is 6.55. The molecule has 2 aromatic heterocycles. The Morgan fingerprint density at radius 3 is 1.97 bits per heavy atom. The van der Waals surface area contributed by atoms with Gasteiger partial charge in [-0.3, -0.25) is 0 Å². The quantitative estimate of drug-likeness (QED) is 0.245. The van der Waals surface area contributed by atoms with Crippen molar-refractivity contribution >= 4 is 17.1 Å². The van der Waals surface area contributed by atoms with E-state index in [2.05, 4.69) is 42.5 Å². The average molecular weight is 485 g/mol. The third-order valence-electron chi connectivity index (χ3n) is 6.55. The Bertz CT molecular complexity index is 1670. The van der Waals surface area contributed by atoms with Crippen molar-refractivity contribution in [1.82, 2.24) is 9.13 Å². The number of carboxylic acid groups (broad SMARTS) is 1. The second kappa shape index (κ2) is 9.55. The number of carbonyl (C=O) groups is 1. The van der Waals surface area contributed by atoms with E-state index in [9.17, 15) is 9.90 Å². The molecule has 0 atom stereocenters. The van der Waals surface area contributed by atoms with Crippen LogP contribution in [0.2, 0.25) is 0 Å². The summed E-state index contributed by atoms with van der Waals surface area (Å²) in [7, 11) is 0. The number of hydrogen-bond acceptors (Lipinski definition) is 2. The number of ether oxygens (including phenoxy) is 1. The van der Waals surface area contributed by atoms with Crippen molar-refractivity contribution in [2.75, 3.05) is 0 Å². The van der Waals surface area contributed by atoms with E-state index < -0.39 is 6.16 Å². The van der Waals surface area contributed by atoms with Gasteiger partial charge in [0.15, 0.2) is 0 Å². The lowest BCUT2D eigenvalue weighted by atomic mass is 10.0. The van der Waals surface area contributed by atoms with Gasteiger partial charge in [-0.05, 0) is 52.6 Å². The van der Waals surface area contributed by atoms with Crippen molar-refractivity contribution in [2.45, 2.75) is 6.54 Å². The molecule has 6 rings (SSSR count). The van der Waals surface area contributed by atoms with Crippen LogP contribution in [0.15, 0.2) is 128 Å². The normalized spacial score (nSPS) is 11.0. The van der Waals surface area contributed by atoms with E-state index in [0.29, 0.717) is 12.4 Å². The summed E-state index contributed by atoms with van der Waals surface area (Å²) in [6.07, 6.45) is 2.64. The summed E-state index contributed by atoms with van der Waals surface area (Å²) in [6, 6.07) is 38.5. The lowest BCUT2D eigenvalue weighted by molar-refractivity contribution is 0.141. The predicted octanol–water partition coefficient (Wildman–Crippen LogP) is 7.87. The molecule has 37 heavy (non-hydrogen) atoms. The van der Waals surface area contributed by atoms with Gasteiger partial charge in [-0.25, -0.2) is 4.79 Å². The Morgan fingerprint density at radius 2 is 1.32 bits per heavy atom. The third kappa shape index (κ3) is 4.39. The number of benzene rings is 4. The molecule has 0 unspecified atom stereocenters. The van der Waals surface area contributed by atoms with Gasteiger partial charge in [-0.1, -0.05) is 84.9 Å². The second-order valence-corrected chi connectivity index (χ2v) is 8.86. The first-order valence-corrected chi connectivity index (χ1v) is 12.1. The zero-order valence-corrected chi connectivity index (χ0v) is 20.0. The van der Waals surface area contributed by atoms with Crippen LogP contribution in [0.4, 0.5) is 4.79 Å². The minimum absolute atomic E-state index is 0.311. The van der Waals surface area contributed by atoms with Gasteiger partial charge >= 0.3 is 6.16 Å². The SMILES string of the molecule is O=C(O)Oc1c(-c2ccccc2)c2cc(-n3cccc3)ccc2n1Cc1ccc(-c2ccccc2)cc1. The van der Waals surface area contributed by atoms with Gasteiger partial charge < -0.3 is 19.0 Å². The minimum atomic E-state index is -1.34. The molecular weight excluding hydrogens is 460 g/mol. The van der Waals surface area contributed by atoms with Crippen molar-refractivity contribution < 1.29 is 14.6 Å². The highest BCUT2D eigenvalue weighted by atomic mass is 16.7. The van der Waals surface area contributed by atoms with E-state index in [1.807, 2.05) is 94.3 Å². The molecule has 0 saturated carbocycles. The first-order chi connectivity index (χ1) is 18.2. The number of rotatable bonds is 6. The van der Waals surface area contributed by atoms with Gasteiger partial charge in [0, 0.05) is 23.5 Å². The molecule has 4 aromatic carbocycles. The molecule has 0 radical (unpaired) electrons. The van der Waals surface area contributed by atoms with E-state index in [4.69, 9.17) is 4.74 Å².